The highest BCUT2D eigenvalue weighted by Crippen LogP contribution is 2.28. The third-order valence-electron chi connectivity index (χ3n) is 4.37. The Morgan fingerprint density at radius 3 is 2.91 bits per heavy atom. The first-order valence-electron chi connectivity index (χ1n) is 8.10. The lowest BCUT2D eigenvalue weighted by Gasteiger charge is -2.27. The number of ether oxygens (including phenoxy) is 1. The summed E-state index contributed by atoms with van der Waals surface area (Å²) in [6.07, 6.45) is 6.00. The van der Waals surface area contributed by atoms with Crippen LogP contribution in [-0.2, 0) is 16.0 Å². The van der Waals surface area contributed by atoms with E-state index in [-0.39, 0.29) is 17.9 Å². The first-order valence-corrected chi connectivity index (χ1v) is 8.10. The average molecular weight is 314 g/mol. The van der Waals surface area contributed by atoms with E-state index < -0.39 is 0 Å². The number of aromatic amines is 1. The number of nitrogens with zero attached hydrogens (tertiary/aromatic N) is 2. The van der Waals surface area contributed by atoms with Gasteiger partial charge in [-0.25, -0.2) is 0 Å². The molecule has 1 saturated heterocycles. The molecule has 0 saturated carbocycles. The van der Waals surface area contributed by atoms with Crippen LogP contribution in [0.15, 0.2) is 24.5 Å². The maximum Gasteiger partial charge on any atom is 0.231 e. The maximum absolute atomic E-state index is 12.5. The second-order valence-electron chi connectivity index (χ2n) is 5.83. The normalized spacial score (nSPS) is 21.1. The predicted molar refractivity (Wildman–Crippen MR) is 88.0 cm³/mol. The van der Waals surface area contributed by atoms with Crippen LogP contribution in [-0.4, -0.2) is 33.8 Å². The van der Waals surface area contributed by atoms with Gasteiger partial charge in [-0.2, -0.15) is 5.10 Å². The molecule has 2 N–H and O–H groups in total. The fraction of sp³-hybridized carbons (Fsp3) is 0.471. The largest absolute Gasteiger partial charge is 0.378 e. The third-order valence-corrected chi connectivity index (χ3v) is 4.37. The molecule has 1 fully saturated rings. The van der Waals surface area contributed by atoms with Crippen molar-refractivity contribution in [2.24, 2.45) is 5.92 Å². The first kappa shape index (κ1) is 15.7. The molecule has 1 aliphatic heterocycles. The molecule has 1 amide bonds. The summed E-state index contributed by atoms with van der Waals surface area (Å²) in [5.74, 6) is 0.483. The number of nitrogens with one attached hydrogen (secondary N) is 2. The first-order chi connectivity index (χ1) is 11.2. The van der Waals surface area contributed by atoms with Gasteiger partial charge in [0.1, 0.15) is 0 Å². The minimum atomic E-state index is -0.116. The molecular weight excluding hydrogens is 292 g/mol. The summed E-state index contributed by atoms with van der Waals surface area (Å²) in [6, 6.07) is 3.85. The summed E-state index contributed by atoms with van der Waals surface area (Å²) in [4.78, 5) is 16.6. The number of hydrogen-bond donors (Lipinski definition) is 2. The van der Waals surface area contributed by atoms with Gasteiger partial charge in [0.25, 0.3) is 0 Å². The van der Waals surface area contributed by atoms with Gasteiger partial charge in [0.05, 0.1) is 17.7 Å². The third kappa shape index (κ3) is 3.27. The molecule has 3 heterocycles. The van der Waals surface area contributed by atoms with Crippen LogP contribution >= 0.6 is 0 Å². The molecular formula is C17H22N4O2. The molecule has 0 aromatic carbocycles. The van der Waals surface area contributed by atoms with Crippen LogP contribution in [0.2, 0.25) is 0 Å². The van der Waals surface area contributed by atoms with E-state index in [0.717, 1.165) is 42.7 Å². The van der Waals surface area contributed by atoms with Gasteiger partial charge in [-0.1, -0.05) is 6.92 Å². The number of hydrogen-bond acceptors (Lipinski definition) is 4. The van der Waals surface area contributed by atoms with E-state index >= 15 is 0 Å². The lowest BCUT2D eigenvalue weighted by Crippen LogP contribution is -2.36. The molecule has 0 unspecified atom stereocenters. The number of aromatic nitrogens is 3. The van der Waals surface area contributed by atoms with Gasteiger partial charge in [-0.15, -0.1) is 0 Å². The molecule has 2 atom stereocenters. The van der Waals surface area contributed by atoms with Crippen molar-refractivity contribution in [2.75, 3.05) is 11.9 Å². The Morgan fingerprint density at radius 1 is 1.43 bits per heavy atom. The lowest BCUT2D eigenvalue weighted by atomic mass is 9.94. The SMILES string of the molecule is CCc1c(NC(=O)[C@H]2CCCO[C@H]2C)n[nH]c1-c1ccncc1. The average Bonchev–Trinajstić information content (AvgIpc) is 2.98. The number of anilines is 1. The van der Waals surface area contributed by atoms with Crippen molar-refractivity contribution in [2.45, 2.75) is 39.2 Å². The van der Waals surface area contributed by atoms with E-state index in [1.165, 1.54) is 0 Å². The van der Waals surface area contributed by atoms with Crippen LogP contribution < -0.4 is 5.32 Å². The number of carbonyl (C=O) groups excluding carboxylic acids is 1. The van der Waals surface area contributed by atoms with Crippen molar-refractivity contribution in [1.29, 1.82) is 0 Å². The quantitative estimate of drug-likeness (QED) is 0.909. The summed E-state index contributed by atoms with van der Waals surface area (Å²) >= 11 is 0. The molecule has 2 aromatic heterocycles. The smallest absolute Gasteiger partial charge is 0.231 e. The Bertz CT molecular complexity index is 668. The van der Waals surface area contributed by atoms with Gasteiger partial charge in [0.15, 0.2) is 5.82 Å². The molecule has 6 heteroatoms. The van der Waals surface area contributed by atoms with Gasteiger partial charge in [0, 0.05) is 30.1 Å². The van der Waals surface area contributed by atoms with Crippen molar-refractivity contribution in [1.82, 2.24) is 15.2 Å². The second kappa shape index (κ2) is 6.91. The Kier molecular flexibility index (Phi) is 4.71. The minimum Gasteiger partial charge on any atom is -0.378 e. The van der Waals surface area contributed by atoms with Crippen LogP contribution in [0.3, 0.4) is 0 Å². The molecule has 6 nitrogen and oxygen atoms in total. The number of pyridine rings is 1. The molecule has 0 aliphatic carbocycles. The molecule has 0 bridgehead atoms. The van der Waals surface area contributed by atoms with Gasteiger partial charge in [0.2, 0.25) is 5.91 Å². The van der Waals surface area contributed by atoms with Crippen molar-refractivity contribution in [3.05, 3.63) is 30.1 Å². The minimum absolute atomic E-state index is 0.0142. The Hall–Kier alpha value is -2.21. The number of rotatable bonds is 4. The lowest BCUT2D eigenvalue weighted by molar-refractivity contribution is -0.127. The summed E-state index contributed by atoms with van der Waals surface area (Å²) < 4.78 is 5.58. The maximum atomic E-state index is 12.5. The topological polar surface area (TPSA) is 79.9 Å². The van der Waals surface area contributed by atoms with E-state index in [2.05, 4.69) is 27.4 Å². The van der Waals surface area contributed by atoms with Crippen LogP contribution in [0, 0.1) is 5.92 Å². The van der Waals surface area contributed by atoms with Crippen molar-refractivity contribution < 1.29 is 9.53 Å². The molecule has 3 rings (SSSR count). The number of amides is 1. The zero-order valence-corrected chi connectivity index (χ0v) is 13.5. The Labute approximate surface area is 135 Å². The number of H-pyrrole nitrogens is 1. The summed E-state index contributed by atoms with van der Waals surface area (Å²) in [5, 5.41) is 10.3. The van der Waals surface area contributed by atoms with Crippen molar-refractivity contribution in [3.8, 4) is 11.3 Å². The van der Waals surface area contributed by atoms with Crippen LogP contribution in [0.25, 0.3) is 11.3 Å². The molecule has 122 valence electrons. The van der Waals surface area contributed by atoms with Gasteiger partial charge in [-0.3, -0.25) is 14.9 Å². The highest BCUT2D eigenvalue weighted by atomic mass is 16.5. The van der Waals surface area contributed by atoms with Gasteiger partial charge < -0.3 is 10.1 Å². The zero-order valence-electron chi connectivity index (χ0n) is 13.5. The molecule has 2 aromatic rings. The van der Waals surface area contributed by atoms with Crippen LogP contribution in [0.5, 0.6) is 0 Å². The fourth-order valence-electron chi connectivity index (χ4n) is 3.05. The summed E-state index contributed by atoms with van der Waals surface area (Å²) in [5.41, 5.74) is 2.95. The standard InChI is InChI=1S/C17H22N4O2/c1-3-13-15(12-6-8-18-9-7-12)20-21-16(13)19-17(22)14-5-4-10-23-11(14)2/h6-9,11,14H,3-5,10H2,1-2H3,(H2,19,20,21,22)/t11-,14-/m0/s1. The van der Waals surface area contributed by atoms with Gasteiger partial charge in [-0.05, 0) is 38.3 Å². The predicted octanol–water partition coefficient (Wildman–Crippen LogP) is 2.79. The second-order valence-corrected chi connectivity index (χ2v) is 5.83. The van der Waals surface area contributed by atoms with E-state index in [0.29, 0.717) is 5.82 Å². The van der Waals surface area contributed by atoms with Crippen LogP contribution in [0.4, 0.5) is 5.82 Å². The zero-order chi connectivity index (χ0) is 16.2. The Balaban J connectivity index is 1.81. The highest BCUT2D eigenvalue weighted by Gasteiger charge is 2.29. The van der Waals surface area contributed by atoms with Crippen LogP contribution in [0.1, 0.15) is 32.3 Å². The number of carbonyl (C=O) groups is 1. The fourth-order valence-corrected chi connectivity index (χ4v) is 3.05. The van der Waals surface area contributed by atoms with Gasteiger partial charge >= 0.3 is 0 Å². The van der Waals surface area contributed by atoms with Crippen molar-refractivity contribution >= 4 is 11.7 Å². The molecule has 0 spiro atoms. The van der Waals surface area contributed by atoms with E-state index in [9.17, 15) is 4.79 Å². The Morgan fingerprint density at radius 2 is 2.22 bits per heavy atom. The summed E-state index contributed by atoms with van der Waals surface area (Å²) in [6.45, 7) is 4.74. The van der Waals surface area contributed by atoms with E-state index in [4.69, 9.17) is 4.74 Å². The highest BCUT2D eigenvalue weighted by molar-refractivity contribution is 5.93. The molecule has 1 aliphatic rings. The van der Waals surface area contributed by atoms with E-state index in [1.807, 2.05) is 19.1 Å². The summed E-state index contributed by atoms with van der Waals surface area (Å²) in [7, 11) is 0. The monoisotopic (exact) mass is 314 g/mol. The molecule has 23 heavy (non-hydrogen) atoms. The van der Waals surface area contributed by atoms with E-state index in [1.54, 1.807) is 12.4 Å². The molecule has 0 radical (unpaired) electrons. The van der Waals surface area contributed by atoms with Crippen molar-refractivity contribution in [3.63, 3.8) is 0 Å².